The number of hydrogen-bond donors (Lipinski definition) is 2. The Labute approximate surface area is 119 Å². The molecule has 112 valence electrons. The van der Waals surface area contributed by atoms with Crippen LogP contribution < -0.4 is 5.73 Å². The number of carbonyl (C=O) groups is 3. The molecule has 0 spiro atoms. The first kappa shape index (κ1) is 14.8. The zero-order chi connectivity index (χ0) is 15.8. The molecule has 2 amide bonds. The summed E-state index contributed by atoms with van der Waals surface area (Å²) in [4.78, 5) is 32.9. The highest BCUT2D eigenvalue weighted by atomic mass is 32.2. The first-order valence-corrected chi connectivity index (χ1v) is 7.06. The first-order chi connectivity index (χ1) is 9.75. The summed E-state index contributed by atoms with van der Waals surface area (Å²) >= 11 is 0. The number of carbonyl (C=O) groups excluding carboxylic acids is 2. The summed E-state index contributed by atoms with van der Waals surface area (Å²) in [6.45, 7) is -0.790. The third kappa shape index (κ3) is 2.52. The Morgan fingerprint density at radius 2 is 2.00 bits per heavy atom. The van der Waals surface area contributed by atoms with Crippen LogP contribution in [0.1, 0.15) is 20.7 Å². The number of amides is 2. The van der Waals surface area contributed by atoms with Gasteiger partial charge in [-0.05, 0) is 18.2 Å². The molecule has 0 fully saturated rings. The predicted molar refractivity (Wildman–Crippen MR) is 67.2 cm³/mol. The van der Waals surface area contributed by atoms with Gasteiger partial charge in [-0.2, -0.15) is 0 Å². The largest absolute Gasteiger partial charge is 0.478 e. The van der Waals surface area contributed by atoms with E-state index in [9.17, 15) is 22.8 Å². The molecule has 1 aromatic rings. The van der Waals surface area contributed by atoms with E-state index >= 15 is 0 Å². The number of nitrogens with two attached hydrogens (primary N) is 1. The van der Waals surface area contributed by atoms with Crippen LogP contribution in [-0.2, 0) is 14.8 Å². The van der Waals surface area contributed by atoms with Gasteiger partial charge in [0.1, 0.15) is 11.5 Å². The number of nitrogens with zero attached hydrogens (tertiary/aromatic N) is 1. The molecular formula is C11H10N2O7S. The zero-order valence-electron chi connectivity index (χ0n) is 10.5. The number of ether oxygens (including phenoxy) is 1. The fraction of sp³-hybridized carbons (Fsp3) is 0.182. The van der Waals surface area contributed by atoms with E-state index in [-0.39, 0.29) is 22.6 Å². The number of fused-ring (bicyclic) bond motifs is 1. The summed E-state index contributed by atoms with van der Waals surface area (Å²) in [5, 5.41) is 8.86. The second-order valence-electron chi connectivity index (χ2n) is 4.07. The van der Waals surface area contributed by atoms with Gasteiger partial charge in [0.15, 0.2) is 0 Å². The maximum atomic E-state index is 12.2. The fourth-order valence-electron chi connectivity index (χ4n) is 1.86. The van der Waals surface area contributed by atoms with Crippen LogP contribution in [0.4, 0.5) is 4.79 Å². The summed E-state index contributed by atoms with van der Waals surface area (Å²) in [5.74, 6) is -2.12. The van der Waals surface area contributed by atoms with Crippen LogP contribution >= 0.6 is 0 Å². The Bertz CT molecular complexity index is 741. The topological polar surface area (TPSA) is 144 Å². The van der Waals surface area contributed by atoms with Crippen molar-refractivity contribution in [3.05, 3.63) is 29.3 Å². The highest BCUT2D eigenvalue weighted by Gasteiger charge is 2.41. The van der Waals surface area contributed by atoms with Crippen molar-refractivity contribution in [1.82, 2.24) is 4.31 Å². The number of aromatic carboxylic acids is 1. The summed E-state index contributed by atoms with van der Waals surface area (Å²) < 4.78 is 29.3. The van der Waals surface area contributed by atoms with Crippen LogP contribution in [0.3, 0.4) is 0 Å². The quantitative estimate of drug-likeness (QED) is 0.771. The minimum Gasteiger partial charge on any atom is -0.478 e. The van der Waals surface area contributed by atoms with Gasteiger partial charge in [-0.15, -0.1) is 0 Å². The van der Waals surface area contributed by atoms with Gasteiger partial charge in [-0.1, -0.05) is 0 Å². The van der Waals surface area contributed by atoms with E-state index in [2.05, 4.69) is 4.74 Å². The van der Waals surface area contributed by atoms with E-state index in [1.54, 1.807) is 0 Å². The van der Waals surface area contributed by atoms with Crippen LogP contribution in [0, 0.1) is 0 Å². The van der Waals surface area contributed by atoms with Crippen LogP contribution in [-0.4, -0.2) is 49.0 Å². The van der Waals surface area contributed by atoms with E-state index < -0.39 is 34.5 Å². The molecule has 1 heterocycles. The molecule has 0 aromatic heterocycles. The highest BCUT2D eigenvalue weighted by molar-refractivity contribution is 7.90. The zero-order valence-corrected chi connectivity index (χ0v) is 11.3. The molecule has 10 heteroatoms. The number of primary amides is 1. The normalized spacial score (nSPS) is 15.6. The SMILES string of the molecule is NC(=O)OCCN1C(=O)c2ccc(C(=O)O)cc2S1(=O)=O. The molecule has 1 aromatic carbocycles. The molecule has 0 atom stereocenters. The predicted octanol–water partition coefficient (Wildman–Crippen LogP) is -0.375. The standard InChI is InChI=1S/C11H10N2O7S/c12-11(17)20-4-3-13-9(14)7-2-1-6(10(15)16)5-8(7)21(13,18)19/h1-2,5H,3-4H2,(H2,12,17)(H,15,16). The molecule has 0 unspecified atom stereocenters. The molecule has 0 bridgehead atoms. The van der Waals surface area contributed by atoms with Crippen molar-refractivity contribution in [2.75, 3.05) is 13.2 Å². The monoisotopic (exact) mass is 314 g/mol. The van der Waals surface area contributed by atoms with E-state index in [4.69, 9.17) is 10.8 Å². The highest BCUT2D eigenvalue weighted by Crippen LogP contribution is 2.30. The fourth-order valence-corrected chi connectivity index (χ4v) is 3.44. The Morgan fingerprint density at radius 3 is 2.57 bits per heavy atom. The lowest BCUT2D eigenvalue weighted by atomic mass is 10.1. The van der Waals surface area contributed by atoms with Crippen molar-refractivity contribution in [2.24, 2.45) is 5.73 Å². The molecule has 0 radical (unpaired) electrons. The van der Waals surface area contributed by atoms with Crippen molar-refractivity contribution >= 4 is 28.0 Å². The van der Waals surface area contributed by atoms with Crippen molar-refractivity contribution in [1.29, 1.82) is 0 Å². The minimum absolute atomic E-state index is 0.126. The van der Waals surface area contributed by atoms with Gasteiger partial charge in [-0.25, -0.2) is 22.3 Å². The third-order valence-electron chi connectivity index (χ3n) is 2.79. The van der Waals surface area contributed by atoms with Gasteiger partial charge in [0.2, 0.25) is 0 Å². The van der Waals surface area contributed by atoms with Gasteiger partial charge in [0.25, 0.3) is 15.9 Å². The Kier molecular flexibility index (Phi) is 3.56. The maximum Gasteiger partial charge on any atom is 0.404 e. The van der Waals surface area contributed by atoms with Gasteiger partial charge in [0.05, 0.1) is 17.7 Å². The minimum atomic E-state index is -4.16. The smallest absolute Gasteiger partial charge is 0.404 e. The molecule has 9 nitrogen and oxygen atoms in total. The average molecular weight is 314 g/mol. The molecule has 2 rings (SSSR count). The van der Waals surface area contributed by atoms with Gasteiger partial charge >= 0.3 is 12.1 Å². The van der Waals surface area contributed by atoms with Gasteiger partial charge in [-0.3, -0.25) is 4.79 Å². The van der Waals surface area contributed by atoms with Crippen molar-refractivity contribution in [2.45, 2.75) is 4.90 Å². The maximum absolute atomic E-state index is 12.2. The molecule has 0 saturated carbocycles. The summed E-state index contributed by atoms with van der Waals surface area (Å²) in [6.07, 6.45) is -1.09. The van der Waals surface area contributed by atoms with E-state index in [1.807, 2.05) is 0 Å². The van der Waals surface area contributed by atoms with Crippen molar-refractivity contribution in [3.8, 4) is 0 Å². The number of carboxylic acid groups (broad SMARTS) is 1. The molecule has 1 aliphatic rings. The number of hydrogen-bond acceptors (Lipinski definition) is 6. The second-order valence-corrected chi connectivity index (χ2v) is 5.90. The van der Waals surface area contributed by atoms with E-state index in [1.165, 1.54) is 0 Å². The lowest BCUT2D eigenvalue weighted by Gasteiger charge is -2.14. The van der Waals surface area contributed by atoms with E-state index in [0.29, 0.717) is 4.31 Å². The van der Waals surface area contributed by atoms with Gasteiger partial charge in [0, 0.05) is 0 Å². The van der Waals surface area contributed by atoms with Crippen molar-refractivity contribution in [3.63, 3.8) is 0 Å². The second kappa shape index (κ2) is 5.05. The van der Waals surface area contributed by atoms with E-state index in [0.717, 1.165) is 18.2 Å². The third-order valence-corrected chi connectivity index (χ3v) is 4.61. The molecule has 3 N–H and O–H groups in total. The number of carboxylic acids is 1. The number of rotatable bonds is 4. The number of benzene rings is 1. The first-order valence-electron chi connectivity index (χ1n) is 5.62. The summed E-state index contributed by atoms with van der Waals surface area (Å²) in [6, 6.07) is 3.19. The molecule has 0 aliphatic carbocycles. The van der Waals surface area contributed by atoms with Crippen molar-refractivity contribution < 1.29 is 32.6 Å². The molecule has 0 saturated heterocycles. The van der Waals surface area contributed by atoms with Crippen LogP contribution in [0.15, 0.2) is 23.1 Å². The summed E-state index contributed by atoms with van der Waals surface area (Å²) in [5.41, 5.74) is 4.36. The lowest BCUT2D eigenvalue weighted by molar-refractivity contribution is 0.0695. The molecular weight excluding hydrogens is 304 g/mol. The Morgan fingerprint density at radius 1 is 1.33 bits per heavy atom. The molecule has 1 aliphatic heterocycles. The number of sulfonamides is 1. The Hall–Kier alpha value is -2.62. The van der Waals surface area contributed by atoms with Crippen LogP contribution in [0.2, 0.25) is 0 Å². The molecule has 21 heavy (non-hydrogen) atoms. The summed E-state index contributed by atoms with van der Waals surface area (Å²) in [7, 11) is -4.16. The van der Waals surface area contributed by atoms with Crippen LogP contribution in [0.5, 0.6) is 0 Å². The van der Waals surface area contributed by atoms with Crippen LogP contribution in [0.25, 0.3) is 0 Å². The Balaban J connectivity index is 2.35. The lowest BCUT2D eigenvalue weighted by Crippen LogP contribution is -2.34. The average Bonchev–Trinajstić information content (AvgIpc) is 2.59. The van der Waals surface area contributed by atoms with Gasteiger partial charge < -0.3 is 15.6 Å².